The van der Waals surface area contributed by atoms with E-state index in [1.807, 2.05) is 24.3 Å². The number of halogens is 1. The Hall–Kier alpha value is -1.26. The number of esters is 1. The maximum absolute atomic E-state index is 11.3. The first kappa shape index (κ1) is 17.1. The fourth-order valence-corrected chi connectivity index (χ4v) is 2.88. The normalized spacial score (nSPS) is 17.0. The van der Waals surface area contributed by atoms with Crippen molar-refractivity contribution >= 4 is 23.3 Å². The molecule has 0 aliphatic heterocycles. The molecule has 1 N–H and O–H groups in total. The Morgan fingerprint density at radius 1 is 1.32 bits per heavy atom. The largest absolute Gasteiger partial charge is 0.458 e. The predicted octanol–water partition coefficient (Wildman–Crippen LogP) is 4.03. The van der Waals surface area contributed by atoms with Crippen LogP contribution in [0.25, 0.3) is 0 Å². The number of hydrogen-bond acceptors (Lipinski definition) is 4. The minimum Gasteiger partial charge on any atom is -0.458 e. The second kappa shape index (κ2) is 9.01. The van der Waals surface area contributed by atoms with E-state index in [9.17, 15) is 4.79 Å². The van der Waals surface area contributed by atoms with Crippen molar-refractivity contribution in [1.82, 2.24) is 0 Å². The number of hydrogen-bond donors (Lipinski definition) is 1. The van der Waals surface area contributed by atoms with E-state index in [0.29, 0.717) is 24.3 Å². The van der Waals surface area contributed by atoms with Crippen molar-refractivity contribution < 1.29 is 14.3 Å². The lowest BCUT2D eigenvalue weighted by Gasteiger charge is -2.25. The summed E-state index contributed by atoms with van der Waals surface area (Å²) in [5.74, 6) is -0.293. The van der Waals surface area contributed by atoms with Crippen molar-refractivity contribution in [2.45, 2.75) is 51.2 Å². The van der Waals surface area contributed by atoms with Gasteiger partial charge in [0.15, 0.2) is 0 Å². The van der Waals surface area contributed by atoms with Gasteiger partial charge in [0.25, 0.3) is 0 Å². The third kappa shape index (κ3) is 5.85. The van der Waals surface area contributed by atoms with Gasteiger partial charge in [-0.1, -0.05) is 43.0 Å². The summed E-state index contributed by atoms with van der Waals surface area (Å²) in [7, 11) is 0. The van der Waals surface area contributed by atoms with Crippen LogP contribution in [-0.4, -0.2) is 31.3 Å². The fraction of sp³-hybridized carbons (Fsp3) is 0.588. The van der Waals surface area contributed by atoms with Crippen LogP contribution < -0.4 is 5.32 Å². The van der Waals surface area contributed by atoms with Gasteiger partial charge in [-0.05, 0) is 25.0 Å². The number of para-hydroxylation sites is 1. The molecule has 1 aromatic carbocycles. The molecule has 1 saturated carbocycles. The first-order chi connectivity index (χ1) is 10.6. The van der Waals surface area contributed by atoms with Crippen LogP contribution in [0.2, 0.25) is 5.02 Å². The van der Waals surface area contributed by atoms with Gasteiger partial charge in [0, 0.05) is 6.92 Å². The van der Waals surface area contributed by atoms with Crippen LogP contribution in [0.3, 0.4) is 0 Å². The molecule has 0 heterocycles. The van der Waals surface area contributed by atoms with Crippen molar-refractivity contribution in [3.05, 3.63) is 29.3 Å². The van der Waals surface area contributed by atoms with E-state index >= 15 is 0 Å². The van der Waals surface area contributed by atoms with Crippen LogP contribution in [0.1, 0.15) is 39.0 Å². The Labute approximate surface area is 137 Å². The molecule has 0 amide bonds. The molecule has 1 atom stereocenters. The first-order valence-electron chi connectivity index (χ1n) is 7.92. The predicted molar refractivity (Wildman–Crippen MR) is 88.3 cm³/mol. The quantitative estimate of drug-likeness (QED) is 0.769. The van der Waals surface area contributed by atoms with Gasteiger partial charge < -0.3 is 14.8 Å². The van der Waals surface area contributed by atoms with Crippen LogP contribution in [0.4, 0.5) is 5.69 Å². The van der Waals surface area contributed by atoms with E-state index < -0.39 is 0 Å². The Morgan fingerprint density at radius 3 is 2.73 bits per heavy atom. The monoisotopic (exact) mass is 325 g/mol. The van der Waals surface area contributed by atoms with Gasteiger partial charge in [0.2, 0.25) is 0 Å². The van der Waals surface area contributed by atoms with E-state index in [1.165, 1.54) is 26.2 Å². The smallest absolute Gasteiger partial charge is 0.303 e. The molecule has 0 aromatic heterocycles. The van der Waals surface area contributed by atoms with Crippen molar-refractivity contribution in [2.75, 3.05) is 18.5 Å². The fourth-order valence-electron chi connectivity index (χ4n) is 2.67. The SMILES string of the molecule is CC(=O)OC(CNc1ccccc1Cl)COC1CCCCC1. The van der Waals surface area contributed by atoms with Crippen molar-refractivity contribution in [1.29, 1.82) is 0 Å². The second-order valence-corrected chi connectivity index (χ2v) is 6.09. The molecular weight excluding hydrogens is 302 g/mol. The molecule has 0 bridgehead atoms. The molecule has 1 fully saturated rings. The van der Waals surface area contributed by atoms with Crippen molar-refractivity contribution in [3.63, 3.8) is 0 Å². The zero-order valence-electron chi connectivity index (χ0n) is 13.0. The topological polar surface area (TPSA) is 47.6 Å². The number of rotatable bonds is 7. The van der Waals surface area contributed by atoms with Crippen molar-refractivity contribution in [3.8, 4) is 0 Å². The third-order valence-electron chi connectivity index (χ3n) is 3.80. The number of anilines is 1. The second-order valence-electron chi connectivity index (χ2n) is 5.69. The lowest BCUT2D eigenvalue weighted by atomic mass is 9.98. The molecule has 4 nitrogen and oxygen atoms in total. The molecule has 0 spiro atoms. The number of nitrogens with one attached hydrogen (secondary N) is 1. The Kier molecular flexibility index (Phi) is 7.00. The molecular formula is C17H24ClNO3. The zero-order chi connectivity index (χ0) is 15.8. The Bertz CT molecular complexity index is 475. The summed E-state index contributed by atoms with van der Waals surface area (Å²) < 4.78 is 11.2. The van der Waals surface area contributed by atoms with Gasteiger partial charge in [0.05, 0.1) is 30.0 Å². The molecule has 1 unspecified atom stereocenters. The molecule has 1 aliphatic rings. The Balaban J connectivity index is 1.82. The maximum atomic E-state index is 11.3. The first-order valence-corrected chi connectivity index (χ1v) is 8.30. The molecule has 1 aromatic rings. The Morgan fingerprint density at radius 2 is 2.05 bits per heavy atom. The van der Waals surface area contributed by atoms with Gasteiger partial charge in [0.1, 0.15) is 6.10 Å². The van der Waals surface area contributed by atoms with Crippen LogP contribution >= 0.6 is 11.6 Å². The summed E-state index contributed by atoms with van der Waals surface area (Å²) in [6, 6.07) is 7.51. The number of benzene rings is 1. The van der Waals surface area contributed by atoms with Gasteiger partial charge in [-0.15, -0.1) is 0 Å². The summed E-state index contributed by atoms with van der Waals surface area (Å²) in [5.41, 5.74) is 0.832. The van der Waals surface area contributed by atoms with Gasteiger partial charge >= 0.3 is 5.97 Å². The van der Waals surface area contributed by atoms with E-state index in [4.69, 9.17) is 21.1 Å². The van der Waals surface area contributed by atoms with Crippen LogP contribution in [0, 0.1) is 0 Å². The summed E-state index contributed by atoms with van der Waals surface area (Å²) in [6.45, 7) is 2.32. The van der Waals surface area contributed by atoms with Gasteiger partial charge in [-0.25, -0.2) is 0 Å². The van der Waals surface area contributed by atoms with Crippen molar-refractivity contribution in [2.24, 2.45) is 0 Å². The number of ether oxygens (including phenoxy) is 2. The standard InChI is InChI=1S/C17H24ClNO3/c1-13(20)22-15(12-21-14-7-3-2-4-8-14)11-19-17-10-6-5-9-16(17)18/h5-6,9-10,14-15,19H,2-4,7-8,11-12H2,1H3. The molecule has 5 heteroatoms. The maximum Gasteiger partial charge on any atom is 0.303 e. The zero-order valence-corrected chi connectivity index (χ0v) is 13.8. The van der Waals surface area contributed by atoms with Gasteiger partial charge in [-0.3, -0.25) is 4.79 Å². The average Bonchev–Trinajstić information content (AvgIpc) is 2.52. The highest BCUT2D eigenvalue weighted by molar-refractivity contribution is 6.33. The minimum absolute atomic E-state index is 0.293. The van der Waals surface area contributed by atoms with Crippen LogP contribution in [-0.2, 0) is 14.3 Å². The number of carbonyl (C=O) groups is 1. The summed E-state index contributed by atoms with van der Waals surface area (Å²) in [5, 5.41) is 3.87. The van der Waals surface area contributed by atoms with Crippen LogP contribution in [0.15, 0.2) is 24.3 Å². The molecule has 0 saturated heterocycles. The highest BCUT2D eigenvalue weighted by atomic mass is 35.5. The summed E-state index contributed by atoms with van der Waals surface area (Å²) in [6.07, 6.45) is 5.93. The molecule has 2 rings (SSSR count). The van der Waals surface area contributed by atoms with E-state index in [2.05, 4.69) is 5.32 Å². The highest BCUT2D eigenvalue weighted by Gasteiger charge is 2.18. The van der Waals surface area contributed by atoms with E-state index in [1.54, 1.807) is 0 Å². The van der Waals surface area contributed by atoms with E-state index in [0.717, 1.165) is 18.5 Å². The molecule has 122 valence electrons. The highest BCUT2D eigenvalue weighted by Crippen LogP contribution is 2.22. The third-order valence-corrected chi connectivity index (χ3v) is 4.13. The van der Waals surface area contributed by atoms with Crippen LogP contribution in [0.5, 0.6) is 0 Å². The van der Waals surface area contributed by atoms with E-state index in [-0.39, 0.29) is 12.1 Å². The summed E-state index contributed by atoms with van der Waals surface area (Å²) >= 11 is 6.11. The molecule has 22 heavy (non-hydrogen) atoms. The average molecular weight is 326 g/mol. The van der Waals surface area contributed by atoms with Gasteiger partial charge in [-0.2, -0.15) is 0 Å². The summed E-state index contributed by atoms with van der Waals surface area (Å²) in [4.78, 5) is 11.3. The lowest BCUT2D eigenvalue weighted by molar-refractivity contribution is -0.150. The lowest BCUT2D eigenvalue weighted by Crippen LogP contribution is -2.32. The minimum atomic E-state index is -0.310. The molecule has 1 aliphatic carbocycles. The number of carbonyl (C=O) groups excluding carboxylic acids is 1. The molecule has 0 radical (unpaired) electrons.